The fourth-order valence-electron chi connectivity index (χ4n) is 3.47. The molecule has 9 nitrogen and oxygen atoms in total. The topological polar surface area (TPSA) is 131 Å². The number of furan rings is 1. The van der Waals surface area contributed by atoms with E-state index < -0.39 is 23.8 Å². The van der Waals surface area contributed by atoms with E-state index >= 15 is 0 Å². The number of allylic oxidation sites excluding steroid dienone is 1. The van der Waals surface area contributed by atoms with Gasteiger partial charge in [0.15, 0.2) is 0 Å². The van der Waals surface area contributed by atoms with Gasteiger partial charge in [-0.2, -0.15) is 5.26 Å². The Kier molecular flexibility index (Phi) is 9.15. The largest absolute Gasteiger partial charge is 0.468 e. The molecule has 2 heterocycles. The van der Waals surface area contributed by atoms with Crippen LogP contribution in [0.4, 0.5) is 0 Å². The number of nitriles is 1. The van der Waals surface area contributed by atoms with Crippen LogP contribution in [-0.4, -0.2) is 43.4 Å². The molecule has 1 aliphatic rings. The molecule has 3 rings (SSSR count). The van der Waals surface area contributed by atoms with Crippen LogP contribution in [0.2, 0.25) is 0 Å². The summed E-state index contributed by atoms with van der Waals surface area (Å²) in [5, 5.41) is 16.1. The predicted molar refractivity (Wildman–Crippen MR) is 129 cm³/mol. The SMILES string of the molecule is CCOC(=O)CNC(=O)CSC1=C(C#N)[C@@H](c2ccco2)C(C(=O)OCC)=C(c2ccccc2)N1. The quantitative estimate of drug-likeness (QED) is 0.477. The van der Waals surface area contributed by atoms with Gasteiger partial charge in [0.1, 0.15) is 12.3 Å². The summed E-state index contributed by atoms with van der Waals surface area (Å²) < 4.78 is 15.8. The lowest BCUT2D eigenvalue weighted by Crippen LogP contribution is -2.33. The van der Waals surface area contributed by atoms with Crippen LogP contribution in [0.5, 0.6) is 0 Å². The Morgan fingerprint density at radius 1 is 1.11 bits per heavy atom. The lowest BCUT2D eigenvalue weighted by Gasteiger charge is -2.29. The molecule has 1 aromatic carbocycles. The highest BCUT2D eigenvalue weighted by molar-refractivity contribution is 8.03. The van der Waals surface area contributed by atoms with Gasteiger partial charge in [0, 0.05) is 0 Å². The number of benzene rings is 1. The second-order valence-corrected chi connectivity index (χ2v) is 8.16. The number of carbonyl (C=O) groups is 3. The van der Waals surface area contributed by atoms with Crippen LogP contribution in [-0.2, 0) is 23.9 Å². The fraction of sp³-hybridized carbons (Fsp3) is 0.280. The molecule has 0 spiro atoms. The van der Waals surface area contributed by atoms with Gasteiger partial charge >= 0.3 is 11.9 Å². The number of thioether (sulfide) groups is 1. The molecule has 0 unspecified atom stereocenters. The molecular weight excluding hydrogens is 470 g/mol. The maximum atomic E-state index is 13.1. The van der Waals surface area contributed by atoms with Gasteiger partial charge in [-0.15, -0.1) is 0 Å². The molecule has 0 saturated carbocycles. The summed E-state index contributed by atoms with van der Waals surface area (Å²) in [5.41, 5.74) is 1.61. The van der Waals surface area contributed by atoms with E-state index in [0.717, 1.165) is 11.8 Å². The molecule has 0 fully saturated rings. The lowest BCUT2D eigenvalue weighted by atomic mass is 9.84. The van der Waals surface area contributed by atoms with Crippen molar-refractivity contribution in [3.05, 3.63) is 76.2 Å². The summed E-state index contributed by atoms with van der Waals surface area (Å²) in [6.45, 7) is 3.51. The standard InChI is InChI=1S/C25H25N3O6S/c1-3-32-20(30)14-27-19(29)15-35-24-17(13-26)21(18-11-8-12-34-18)22(25(31)33-4-2)23(28-24)16-9-6-5-7-10-16/h5-12,21,28H,3-4,14-15H2,1-2H3,(H,27,29)/t21-/m0/s1. The predicted octanol–water partition coefficient (Wildman–Crippen LogP) is 3.09. The molecule has 1 aromatic heterocycles. The summed E-state index contributed by atoms with van der Waals surface area (Å²) >= 11 is 1.08. The Labute approximate surface area is 207 Å². The molecule has 0 radical (unpaired) electrons. The number of esters is 2. The minimum atomic E-state index is -0.837. The van der Waals surface area contributed by atoms with Crippen molar-refractivity contribution in [3.63, 3.8) is 0 Å². The molecule has 1 amide bonds. The van der Waals surface area contributed by atoms with Crippen LogP contribution in [0.25, 0.3) is 5.70 Å². The fourth-order valence-corrected chi connectivity index (χ4v) is 4.34. The first-order chi connectivity index (χ1) is 17.0. The third-order valence-corrected chi connectivity index (χ3v) is 5.94. The number of hydrogen-bond acceptors (Lipinski definition) is 9. The van der Waals surface area contributed by atoms with E-state index in [1.165, 1.54) is 6.26 Å². The second-order valence-electron chi connectivity index (χ2n) is 7.17. The molecule has 1 atom stereocenters. The summed E-state index contributed by atoms with van der Waals surface area (Å²) in [6.07, 6.45) is 1.47. The number of amides is 1. The highest BCUT2D eigenvalue weighted by Gasteiger charge is 2.38. The van der Waals surface area contributed by atoms with Crippen LogP contribution in [0.15, 0.2) is 69.3 Å². The molecule has 0 bridgehead atoms. The van der Waals surface area contributed by atoms with Crippen molar-refractivity contribution in [2.24, 2.45) is 0 Å². The zero-order valence-electron chi connectivity index (χ0n) is 19.3. The molecule has 1 aliphatic heterocycles. The van der Waals surface area contributed by atoms with E-state index in [2.05, 4.69) is 16.7 Å². The lowest BCUT2D eigenvalue weighted by molar-refractivity contribution is -0.143. The van der Waals surface area contributed by atoms with Crippen molar-refractivity contribution in [3.8, 4) is 6.07 Å². The minimum absolute atomic E-state index is 0.0748. The monoisotopic (exact) mass is 495 g/mol. The zero-order chi connectivity index (χ0) is 25.2. The van der Waals surface area contributed by atoms with Gasteiger partial charge in [-0.3, -0.25) is 9.59 Å². The zero-order valence-corrected chi connectivity index (χ0v) is 20.1. The van der Waals surface area contributed by atoms with E-state index in [0.29, 0.717) is 22.0 Å². The summed E-state index contributed by atoms with van der Waals surface area (Å²) in [6, 6.07) is 14.7. The average molecular weight is 496 g/mol. The summed E-state index contributed by atoms with van der Waals surface area (Å²) in [4.78, 5) is 37.0. The first-order valence-corrected chi connectivity index (χ1v) is 11.9. The van der Waals surface area contributed by atoms with Crippen molar-refractivity contribution < 1.29 is 28.3 Å². The maximum Gasteiger partial charge on any atom is 0.337 e. The van der Waals surface area contributed by atoms with Crippen molar-refractivity contribution in [2.45, 2.75) is 19.8 Å². The molecular formula is C25H25N3O6S. The first kappa shape index (κ1) is 25.6. The van der Waals surface area contributed by atoms with E-state index in [9.17, 15) is 19.6 Å². The van der Waals surface area contributed by atoms with Crippen molar-refractivity contribution in [1.82, 2.24) is 10.6 Å². The number of ether oxygens (including phenoxy) is 2. The van der Waals surface area contributed by atoms with Gasteiger partial charge < -0.3 is 24.5 Å². The van der Waals surface area contributed by atoms with Gasteiger partial charge in [-0.25, -0.2) is 4.79 Å². The van der Waals surface area contributed by atoms with Gasteiger partial charge in [-0.1, -0.05) is 42.1 Å². The number of carbonyl (C=O) groups excluding carboxylic acids is 3. The van der Waals surface area contributed by atoms with Gasteiger partial charge in [-0.05, 0) is 31.5 Å². The van der Waals surface area contributed by atoms with Crippen molar-refractivity contribution in [1.29, 1.82) is 5.26 Å². The van der Waals surface area contributed by atoms with Crippen LogP contribution in [0.1, 0.15) is 31.1 Å². The van der Waals surface area contributed by atoms with Crippen LogP contribution in [0, 0.1) is 11.3 Å². The summed E-state index contributed by atoms with van der Waals surface area (Å²) in [7, 11) is 0. The first-order valence-electron chi connectivity index (χ1n) is 11.0. The Balaban J connectivity index is 1.98. The number of nitrogens with one attached hydrogen (secondary N) is 2. The minimum Gasteiger partial charge on any atom is -0.468 e. The Morgan fingerprint density at radius 3 is 2.49 bits per heavy atom. The van der Waals surface area contributed by atoms with Gasteiger partial charge in [0.2, 0.25) is 5.91 Å². The van der Waals surface area contributed by atoms with E-state index in [1.807, 2.05) is 30.3 Å². The Bertz CT molecular complexity index is 1170. The van der Waals surface area contributed by atoms with Crippen molar-refractivity contribution >= 4 is 35.3 Å². The molecule has 182 valence electrons. The molecule has 35 heavy (non-hydrogen) atoms. The highest BCUT2D eigenvalue weighted by atomic mass is 32.2. The van der Waals surface area contributed by atoms with Crippen molar-refractivity contribution in [2.75, 3.05) is 25.5 Å². The molecule has 0 aliphatic carbocycles. The third-order valence-electron chi connectivity index (χ3n) is 4.92. The second kappa shape index (κ2) is 12.5. The third kappa shape index (κ3) is 6.33. The van der Waals surface area contributed by atoms with Crippen LogP contribution in [0.3, 0.4) is 0 Å². The number of rotatable bonds is 10. The smallest absolute Gasteiger partial charge is 0.337 e. The normalized spacial score (nSPS) is 15.2. The Morgan fingerprint density at radius 2 is 1.86 bits per heavy atom. The van der Waals surface area contributed by atoms with E-state index in [-0.39, 0.29) is 36.7 Å². The van der Waals surface area contributed by atoms with Crippen LogP contribution < -0.4 is 10.6 Å². The Hall–Kier alpha value is -3.97. The number of nitrogens with zero attached hydrogens (tertiary/aromatic N) is 1. The number of dihydropyridines is 1. The van der Waals surface area contributed by atoms with E-state index in [1.54, 1.807) is 26.0 Å². The van der Waals surface area contributed by atoms with E-state index in [4.69, 9.17) is 13.9 Å². The van der Waals surface area contributed by atoms with Crippen LogP contribution >= 0.6 is 11.8 Å². The molecule has 2 aromatic rings. The molecule has 10 heteroatoms. The molecule has 2 N–H and O–H groups in total. The highest BCUT2D eigenvalue weighted by Crippen LogP contribution is 2.43. The van der Waals surface area contributed by atoms with Gasteiger partial charge in [0.05, 0.1) is 59.1 Å². The molecule has 0 saturated heterocycles. The maximum absolute atomic E-state index is 13.1. The van der Waals surface area contributed by atoms with Gasteiger partial charge in [0.25, 0.3) is 0 Å². The average Bonchev–Trinajstić information content (AvgIpc) is 3.40. The number of hydrogen-bond donors (Lipinski definition) is 2. The summed E-state index contributed by atoms with van der Waals surface area (Å²) in [5.74, 6) is -2.05.